The molecule has 0 spiro atoms. The molecule has 7 heteroatoms. The van der Waals surface area contributed by atoms with E-state index in [-0.39, 0.29) is 5.03 Å². The predicted molar refractivity (Wildman–Crippen MR) is 88.1 cm³/mol. The van der Waals surface area contributed by atoms with E-state index in [1.165, 1.54) is 12.3 Å². The second-order valence-corrected chi connectivity index (χ2v) is 6.62. The first-order valence-electron chi connectivity index (χ1n) is 6.88. The Kier molecular flexibility index (Phi) is 3.87. The van der Waals surface area contributed by atoms with Crippen LogP contribution in [-0.2, 0) is 10.0 Å². The van der Waals surface area contributed by atoms with E-state index in [1.54, 1.807) is 37.6 Å². The maximum atomic E-state index is 12.5. The number of aromatic nitrogens is 2. The predicted octanol–water partition coefficient (Wildman–Crippen LogP) is 2.75. The van der Waals surface area contributed by atoms with Gasteiger partial charge in [0.25, 0.3) is 10.0 Å². The highest BCUT2D eigenvalue weighted by atomic mass is 32.2. The Labute approximate surface area is 134 Å². The third-order valence-corrected chi connectivity index (χ3v) is 4.63. The van der Waals surface area contributed by atoms with E-state index >= 15 is 0 Å². The van der Waals surface area contributed by atoms with Crippen molar-refractivity contribution < 1.29 is 13.2 Å². The quantitative estimate of drug-likeness (QED) is 0.796. The van der Waals surface area contributed by atoms with Gasteiger partial charge in [-0.25, -0.2) is 4.98 Å². The summed E-state index contributed by atoms with van der Waals surface area (Å²) in [5, 5.41) is 0.690. The van der Waals surface area contributed by atoms with Crippen LogP contribution in [0, 0.1) is 6.92 Å². The Morgan fingerprint density at radius 2 is 1.91 bits per heavy atom. The monoisotopic (exact) mass is 329 g/mol. The highest BCUT2D eigenvalue weighted by Gasteiger charge is 2.18. The summed E-state index contributed by atoms with van der Waals surface area (Å²) < 4.78 is 32.8. The average Bonchev–Trinajstić information content (AvgIpc) is 2.55. The lowest BCUT2D eigenvalue weighted by atomic mass is 10.2. The van der Waals surface area contributed by atoms with Crippen LogP contribution in [0.1, 0.15) is 5.56 Å². The highest BCUT2D eigenvalue weighted by molar-refractivity contribution is 7.92. The van der Waals surface area contributed by atoms with Crippen molar-refractivity contribution in [3.05, 3.63) is 54.4 Å². The molecule has 3 rings (SSSR count). The lowest BCUT2D eigenvalue weighted by Gasteiger charge is -2.12. The smallest absolute Gasteiger partial charge is 0.279 e. The number of methoxy groups -OCH3 is 1. The Hall–Kier alpha value is -2.67. The zero-order valence-electron chi connectivity index (χ0n) is 12.6. The van der Waals surface area contributed by atoms with E-state index in [0.29, 0.717) is 17.0 Å². The molecule has 2 aromatic heterocycles. The number of ether oxygens (including phenoxy) is 1. The number of sulfonamides is 1. The second-order valence-electron chi connectivity index (χ2n) is 4.99. The van der Waals surface area contributed by atoms with Gasteiger partial charge >= 0.3 is 0 Å². The number of fused-ring (bicyclic) bond motifs is 1. The van der Waals surface area contributed by atoms with Crippen LogP contribution in [0.4, 0.5) is 5.69 Å². The van der Waals surface area contributed by atoms with Crippen molar-refractivity contribution in [2.45, 2.75) is 11.9 Å². The molecule has 0 amide bonds. The number of hydrogen-bond acceptors (Lipinski definition) is 5. The Balaban J connectivity index is 2.06. The van der Waals surface area contributed by atoms with Crippen molar-refractivity contribution in [1.29, 1.82) is 0 Å². The number of pyridine rings is 2. The number of benzene rings is 1. The largest absolute Gasteiger partial charge is 0.496 e. The number of rotatable bonds is 4. The molecule has 2 heterocycles. The molecule has 6 nitrogen and oxygen atoms in total. The van der Waals surface area contributed by atoms with E-state index in [4.69, 9.17) is 4.74 Å². The summed E-state index contributed by atoms with van der Waals surface area (Å²) in [6, 6.07) is 10.1. The number of nitrogens with zero attached hydrogens (tertiary/aromatic N) is 2. The molecule has 0 atom stereocenters. The van der Waals surface area contributed by atoms with E-state index < -0.39 is 10.0 Å². The fourth-order valence-corrected chi connectivity index (χ4v) is 3.21. The fourth-order valence-electron chi connectivity index (χ4n) is 2.22. The van der Waals surface area contributed by atoms with E-state index in [1.807, 2.05) is 13.0 Å². The Morgan fingerprint density at radius 3 is 2.61 bits per heavy atom. The summed E-state index contributed by atoms with van der Waals surface area (Å²) in [6.45, 7) is 1.84. The summed E-state index contributed by atoms with van der Waals surface area (Å²) in [5.41, 5.74) is 1.78. The molecule has 0 bridgehead atoms. The first-order chi connectivity index (χ1) is 11.0. The number of nitrogens with one attached hydrogen (secondary N) is 1. The molecular weight excluding hydrogens is 314 g/mol. The van der Waals surface area contributed by atoms with E-state index in [2.05, 4.69) is 14.7 Å². The molecule has 0 saturated heterocycles. The van der Waals surface area contributed by atoms with Gasteiger partial charge in [0.1, 0.15) is 5.75 Å². The van der Waals surface area contributed by atoms with Crippen LogP contribution in [0.2, 0.25) is 0 Å². The zero-order chi connectivity index (χ0) is 16.4. The molecule has 0 aliphatic carbocycles. The Bertz CT molecular complexity index is 954. The van der Waals surface area contributed by atoms with Crippen molar-refractivity contribution >= 4 is 26.6 Å². The highest BCUT2D eigenvalue weighted by Crippen LogP contribution is 2.30. The standard InChI is InChI=1S/C16H15N3O3S/c1-11-5-8-15(18-10-11)23(20,21)19-13-6-7-14(22-2)12-4-3-9-17-16(12)13/h3-10,19H,1-2H3. The van der Waals surface area contributed by atoms with Gasteiger partial charge in [-0.05, 0) is 42.8 Å². The van der Waals surface area contributed by atoms with Gasteiger partial charge in [-0.1, -0.05) is 6.07 Å². The first-order valence-corrected chi connectivity index (χ1v) is 8.37. The molecule has 3 aromatic rings. The number of hydrogen-bond donors (Lipinski definition) is 1. The van der Waals surface area contributed by atoms with Gasteiger partial charge in [0.05, 0.1) is 18.3 Å². The van der Waals surface area contributed by atoms with Crippen molar-refractivity contribution in [1.82, 2.24) is 9.97 Å². The number of anilines is 1. The van der Waals surface area contributed by atoms with Crippen LogP contribution < -0.4 is 9.46 Å². The zero-order valence-corrected chi connectivity index (χ0v) is 13.5. The van der Waals surface area contributed by atoms with Gasteiger partial charge in [-0.2, -0.15) is 8.42 Å². The van der Waals surface area contributed by atoms with Gasteiger partial charge in [0.15, 0.2) is 5.03 Å². The molecular formula is C16H15N3O3S. The summed E-state index contributed by atoms with van der Waals surface area (Å²) in [4.78, 5) is 8.22. The Morgan fingerprint density at radius 1 is 1.09 bits per heavy atom. The second kappa shape index (κ2) is 5.85. The third-order valence-electron chi connectivity index (χ3n) is 3.35. The number of aryl methyl sites for hydroxylation is 1. The maximum absolute atomic E-state index is 12.5. The van der Waals surface area contributed by atoms with Gasteiger partial charge in [0, 0.05) is 17.8 Å². The molecule has 0 aliphatic heterocycles. The minimum Gasteiger partial charge on any atom is -0.496 e. The SMILES string of the molecule is COc1ccc(NS(=O)(=O)c2ccc(C)cn2)c2ncccc12. The molecule has 23 heavy (non-hydrogen) atoms. The lowest BCUT2D eigenvalue weighted by Crippen LogP contribution is -2.15. The van der Waals surface area contributed by atoms with Crippen molar-refractivity contribution in [3.63, 3.8) is 0 Å². The van der Waals surface area contributed by atoms with Gasteiger partial charge in [-0.15, -0.1) is 0 Å². The fraction of sp³-hybridized carbons (Fsp3) is 0.125. The summed E-state index contributed by atoms with van der Waals surface area (Å²) in [7, 11) is -2.23. The normalized spacial score (nSPS) is 11.4. The van der Waals surface area contributed by atoms with Crippen LogP contribution in [0.5, 0.6) is 5.75 Å². The topological polar surface area (TPSA) is 81.2 Å². The molecule has 0 fully saturated rings. The summed E-state index contributed by atoms with van der Waals surface area (Å²) in [5.74, 6) is 0.629. The summed E-state index contributed by atoms with van der Waals surface area (Å²) >= 11 is 0. The van der Waals surface area contributed by atoms with Gasteiger partial charge in [0.2, 0.25) is 0 Å². The van der Waals surface area contributed by atoms with Crippen molar-refractivity contribution in [2.24, 2.45) is 0 Å². The van der Waals surface area contributed by atoms with E-state index in [0.717, 1.165) is 10.9 Å². The molecule has 1 aromatic carbocycles. The maximum Gasteiger partial charge on any atom is 0.279 e. The molecule has 0 radical (unpaired) electrons. The summed E-state index contributed by atoms with van der Waals surface area (Å²) in [6.07, 6.45) is 3.11. The van der Waals surface area contributed by atoms with Crippen LogP contribution in [0.3, 0.4) is 0 Å². The van der Waals surface area contributed by atoms with Gasteiger partial charge in [-0.3, -0.25) is 9.71 Å². The molecule has 0 aliphatic rings. The molecule has 118 valence electrons. The minimum atomic E-state index is -3.78. The minimum absolute atomic E-state index is 0.0389. The van der Waals surface area contributed by atoms with Crippen molar-refractivity contribution in [3.8, 4) is 5.75 Å². The van der Waals surface area contributed by atoms with E-state index in [9.17, 15) is 8.42 Å². The first kappa shape index (κ1) is 15.2. The lowest BCUT2D eigenvalue weighted by molar-refractivity contribution is 0.420. The van der Waals surface area contributed by atoms with Crippen LogP contribution in [0.15, 0.2) is 53.8 Å². The van der Waals surface area contributed by atoms with Crippen LogP contribution in [-0.4, -0.2) is 25.5 Å². The third kappa shape index (κ3) is 2.95. The average molecular weight is 329 g/mol. The van der Waals surface area contributed by atoms with Crippen LogP contribution in [0.25, 0.3) is 10.9 Å². The molecule has 0 unspecified atom stereocenters. The molecule has 1 N–H and O–H groups in total. The molecule has 0 saturated carbocycles. The van der Waals surface area contributed by atoms with Crippen LogP contribution >= 0.6 is 0 Å². The van der Waals surface area contributed by atoms with Gasteiger partial charge < -0.3 is 4.74 Å². The van der Waals surface area contributed by atoms with Crippen molar-refractivity contribution in [2.75, 3.05) is 11.8 Å².